The smallest absolute Gasteiger partial charge is 0.270 e. The number of rotatable bonds is 5. The summed E-state index contributed by atoms with van der Waals surface area (Å²) in [6.45, 7) is 12.0. The quantitative estimate of drug-likeness (QED) is 0.846. The predicted molar refractivity (Wildman–Crippen MR) is 115 cm³/mol. The van der Waals surface area contributed by atoms with Crippen molar-refractivity contribution in [2.75, 3.05) is 37.6 Å². The summed E-state index contributed by atoms with van der Waals surface area (Å²) in [5.74, 6) is 2.17. The van der Waals surface area contributed by atoms with Gasteiger partial charge < -0.3 is 10.2 Å². The minimum atomic E-state index is -0.0574. The highest BCUT2D eigenvalue weighted by atomic mass is 16.1. The van der Waals surface area contributed by atoms with Gasteiger partial charge in [-0.05, 0) is 24.8 Å². The predicted octanol–water partition coefficient (Wildman–Crippen LogP) is 2.59. The van der Waals surface area contributed by atoms with Gasteiger partial charge in [0.2, 0.25) is 0 Å². The molecule has 1 fully saturated rings. The van der Waals surface area contributed by atoms with Crippen LogP contribution < -0.4 is 10.2 Å². The second-order valence-electron chi connectivity index (χ2n) is 8.65. The standard InChI is InChI=1S/C23H31N5O/c1-16(2)13-20-25-21-19(7-8-24-23(21)29)22(26-20)28-11-9-27(10-12-28)15-18-6-4-5-17(3)14-18/h4-6,14,16H,7-13,15H2,1-3H3,(H,24,29). The number of aryl methyl sites for hydroxylation is 1. The van der Waals surface area contributed by atoms with Crippen LogP contribution in [0.25, 0.3) is 0 Å². The maximum atomic E-state index is 12.4. The molecule has 6 nitrogen and oxygen atoms in total. The highest BCUT2D eigenvalue weighted by Gasteiger charge is 2.28. The van der Waals surface area contributed by atoms with Gasteiger partial charge in [-0.25, -0.2) is 9.97 Å². The number of hydrogen-bond acceptors (Lipinski definition) is 5. The van der Waals surface area contributed by atoms with E-state index in [1.165, 1.54) is 11.1 Å². The van der Waals surface area contributed by atoms with Crippen LogP contribution in [-0.2, 0) is 19.4 Å². The van der Waals surface area contributed by atoms with Gasteiger partial charge in [0.15, 0.2) is 0 Å². The van der Waals surface area contributed by atoms with Crippen molar-refractivity contribution in [3.63, 3.8) is 0 Å². The molecule has 0 bridgehead atoms. The van der Waals surface area contributed by atoms with Crippen LogP contribution in [0, 0.1) is 12.8 Å². The van der Waals surface area contributed by atoms with E-state index in [1.54, 1.807) is 0 Å². The third-order valence-electron chi connectivity index (χ3n) is 5.66. The molecule has 0 radical (unpaired) electrons. The lowest BCUT2D eigenvalue weighted by Gasteiger charge is -2.37. The SMILES string of the molecule is Cc1cccc(CN2CCN(c3nc(CC(C)C)nc4c3CCNC4=O)CC2)c1. The molecule has 1 aromatic carbocycles. The van der Waals surface area contributed by atoms with Crippen molar-refractivity contribution >= 4 is 11.7 Å². The second kappa shape index (κ2) is 8.49. The topological polar surface area (TPSA) is 61.4 Å². The summed E-state index contributed by atoms with van der Waals surface area (Å²) < 4.78 is 0. The van der Waals surface area contributed by atoms with Gasteiger partial charge in [-0.3, -0.25) is 9.69 Å². The molecule has 1 N–H and O–H groups in total. The Bertz CT molecular complexity index is 887. The molecule has 2 aromatic rings. The number of fused-ring (bicyclic) bond motifs is 1. The Kier molecular flexibility index (Phi) is 5.81. The van der Waals surface area contributed by atoms with Gasteiger partial charge in [0.25, 0.3) is 5.91 Å². The monoisotopic (exact) mass is 393 g/mol. The molecule has 1 aromatic heterocycles. The Morgan fingerprint density at radius 1 is 1.14 bits per heavy atom. The third kappa shape index (κ3) is 4.58. The fourth-order valence-electron chi connectivity index (χ4n) is 4.22. The molecule has 4 rings (SSSR count). The number of nitrogens with zero attached hydrogens (tertiary/aromatic N) is 4. The zero-order valence-electron chi connectivity index (χ0n) is 17.7. The number of piperazine rings is 1. The summed E-state index contributed by atoms with van der Waals surface area (Å²) in [6.07, 6.45) is 1.60. The first-order valence-electron chi connectivity index (χ1n) is 10.7. The first kappa shape index (κ1) is 19.8. The lowest BCUT2D eigenvalue weighted by atomic mass is 10.0. The van der Waals surface area contributed by atoms with Crippen molar-refractivity contribution in [3.8, 4) is 0 Å². The molecule has 1 amide bonds. The van der Waals surface area contributed by atoms with Crippen molar-refractivity contribution in [1.82, 2.24) is 20.2 Å². The molecule has 29 heavy (non-hydrogen) atoms. The fourth-order valence-corrected chi connectivity index (χ4v) is 4.22. The molecular formula is C23H31N5O. The molecule has 2 aliphatic heterocycles. The molecule has 3 heterocycles. The average Bonchev–Trinajstić information content (AvgIpc) is 2.68. The van der Waals surface area contributed by atoms with Crippen LogP contribution in [0.3, 0.4) is 0 Å². The molecule has 0 saturated carbocycles. The van der Waals surface area contributed by atoms with Crippen molar-refractivity contribution < 1.29 is 4.79 Å². The molecule has 0 spiro atoms. The first-order chi connectivity index (χ1) is 14.0. The van der Waals surface area contributed by atoms with E-state index in [2.05, 4.69) is 65.1 Å². The molecule has 0 aliphatic carbocycles. The number of hydrogen-bond donors (Lipinski definition) is 1. The lowest BCUT2D eigenvalue weighted by molar-refractivity contribution is 0.0939. The van der Waals surface area contributed by atoms with Crippen LogP contribution in [0.1, 0.15) is 46.9 Å². The average molecular weight is 394 g/mol. The minimum Gasteiger partial charge on any atom is -0.354 e. The van der Waals surface area contributed by atoms with Gasteiger partial charge in [-0.15, -0.1) is 0 Å². The highest BCUT2D eigenvalue weighted by Crippen LogP contribution is 2.26. The normalized spacial score (nSPS) is 17.4. The first-order valence-corrected chi connectivity index (χ1v) is 10.7. The Labute approximate surface area is 173 Å². The lowest BCUT2D eigenvalue weighted by Crippen LogP contribution is -2.47. The molecule has 0 atom stereocenters. The molecule has 1 saturated heterocycles. The van der Waals surface area contributed by atoms with Crippen molar-refractivity contribution in [3.05, 3.63) is 52.5 Å². The third-order valence-corrected chi connectivity index (χ3v) is 5.66. The van der Waals surface area contributed by atoms with Gasteiger partial charge in [-0.2, -0.15) is 0 Å². The van der Waals surface area contributed by atoms with E-state index < -0.39 is 0 Å². The maximum absolute atomic E-state index is 12.4. The van der Waals surface area contributed by atoms with Crippen molar-refractivity contribution in [2.45, 2.75) is 40.2 Å². The van der Waals surface area contributed by atoms with Gasteiger partial charge in [-0.1, -0.05) is 43.7 Å². The van der Waals surface area contributed by atoms with E-state index in [4.69, 9.17) is 4.98 Å². The summed E-state index contributed by atoms with van der Waals surface area (Å²) >= 11 is 0. The van der Waals surface area contributed by atoms with Crippen LogP contribution in [0.2, 0.25) is 0 Å². The second-order valence-corrected chi connectivity index (χ2v) is 8.65. The van der Waals surface area contributed by atoms with E-state index in [9.17, 15) is 4.79 Å². The summed E-state index contributed by atoms with van der Waals surface area (Å²) in [5, 5.41) is 2.93. The number of nitrogens with one attached hydrogen (secondary N) is 1. The molecule has 6 heteroatoms. The van der Waals surface area contributed by atoms with Crippen molar-refractivity contribution in [2.24, 2.45) is 5.92 Å². The Morgan fingerprint density at radius 2 is 1.93 bits per heavy atom. The van der Waals surface area contributed by atoms with Gasteiger partial charge in [0.05, 0.1) is 0 Å². The summed E-state index contributed by atoms with van der Waals surface area (Å²) in [6, 6.07) is 8.75. The summed E-state index contributed by atoms with van der Waals surface area (Å²) in [7, 11) is 0. The number of carbonyl (C=O) groups is 1. The Balaban J connectivity index is 1.51. The van der Waals surface area contributed by atoms with Gasteiger partial charge in [0, 0.05) is 51.3 Å². The zero-order chi connectivity index (χ0) is 20.4. The number of carbonyl (C=O) groups excluding carboxylic acids is 1. The van der Waals surface area contributed by atoms with Gasteiger partial charge in [0.1, 0.15) is 17.3 Å². The maximum Gasteiger partial charge on any atom is 0.270 e. The number of amides is 1. The summed E-state index contributed by atoms with van der Waals surface area (Å²) in [4.78, 5) is 26.8. The van der Waals surface area contributed by atoms with Crippen molar-refractivity contribution in [1.29, 1.82) is 0 Å². The fraction of sp³-hybridized carbons (Fsp3) is 0.522. The van der Waals surface area contributed by atoms with E-state index in [0.29, 0.717) is 18.2 Å². The van der Waals surface area contributed by atoms with E-state index in [-0.39, 0.29) is 5.91 Å². The van der Waals surface area contributed by atoms with Crippen LogP contribution in [0.15, 0.2) is 24.3 Å². The largest absolute Gasteiger partial charge is 0.354 e. The van der Waals surface area contributed by atoms with E-state index in [0.717, 1.165) is 62.8 Å². The highest BCUT2D eigenvalue weighted by molar-refractivity contribution is 5.96. The number of anilines is 1. The summed E-state index contributed by atoms with van der Waals surface area (Å²) in [5.41, 5.74) is 4.28. The zero-order valence-corrected chi connectivity index (χ0v) is 17.7. The van der Waals surface area contributed by atoms with Crippen LogP contribution in [-0.4, -0.2) is 53.5 Å². The Hall–Kier alpha value is -2.47. The number of benzene rings is 1. The van der Waals surface area contributed by atoms with Crippen LogP contribution in [0.4, 0.5) is 5.82 Å². The van der Waals surface area contributed by atoms with E-state index >= 15 is 0 Å². The van der Waals surface area contributed by atoms with Gasteiger partial charge >= 0.3 is 0 Å². The minimum absolute atomic E-state index is 0.0574. The van der Waals surface area contributed by atoms with Crippen LogP contribution in [0.5, 0.6) is 0 Å². The Morgan fingerprint density at radius 3 is 2.66 bits per heavy atom. The van der Waals surface area contributed by atoms with Crippen LogP contribution >= 0.6 is 0 Å². The molecular weight excluding hydrogens is 362 g/mol. The van der Waals surface area contributed by atoms with E-state index in [1.807, 2.05) is 0 Å². The molecule has 2 aliphatic rings. The number of aromatic nitrogens is 2. The molecule has 0 unspecified atom stereocenters. The molecule has 154 valence electrons.